The number of carbonyl (C=O) groups is 1. The number of hydrogen-bond donors (Lipinski definition) is 2. The highest BCUT2D eigenvalue weighted by Crippen LogP contribution is 2.20. The van der Waals surface area contributed by atoms with Crippen LogP contribution in [0.2, 0.25) is 5.02 Å². The summed E-state index contributed by atoms with van der Waals surface area (Å²) in [7, 11) is 0. The molecule has 0 spiro atoms. The Labute approximate surface area is 132 Å². The number of benzene rings is 1. The molecule has 0 aliphatic heterocycles. The normalized spacial score (nSPS) is 11.5. The van der Waals surface area contributed by atoms with Gasteiger partial charge in [-0.2, -0.15) is 0 Å². The van der Waals surface area contributed by atoms with Gasteiger partial charge in [0.2, 0.25) is 0 Å². The number of carbonyl (C=O) groups excluding carboxylic acids is 1. The molecule has 8 heteroatoms. The van der Waals surface area contributed by atoms with Crippen LogP contribution in [0, 0.1) is 12.7 Å². The Morgan fingerprint density at radius 1 is 1.50 bits per heavy atom. The molecule has 1 aromatic heterocycles. The van der Waals surface area contributed by atoms with E-state index < -0.39 is 11.4 Å². The van der Waals surface area contributed by atoms with Gasteiger partial charge in [0.15, 0.2) is 5.69 Å². The molecule has 0 aliphatic rings. The first kappa shape index (κ1) is 16.4. The summed E-state index contributed by atoms with van der Waals surface area (Å²) in [4.78, 5) is 12.1. The van der Waals surface area contributed by atoms with E-state index in [1.54, 1.807) is 20.8 Å². The van der Waals surface area contributed by atoms with Gasteiger partial charge in [-0.1, -0.05) is 16.8 Å². The summed E-state index contributed by atoms with van der Waals surface area (Å²) in [5, 5.41) is 10.5. The second-order valence-corrected chi connectivity index (χ2v) is 6.11. The van der Waals surface area contributed by atoms with Crippen molar-refractivity contribution in [1.82, 2.24) is 20.3 Å². The van der Waals surface area contributed by atoms with E-state index in [9.17, 15) is 9.18 Å². The SMILES string of the molecule is Cc1c(C(=O)NCC(C)(C)N)nnn1-c1ccc(F)c(Cl)c1. The molecule has 1 aromatic carbocycles. The number of nitrogens with one attached hydrogen (secondary N) is 1. The first-order valence-corrected chi connectivity index (χ1v) is 7.01. The van der Waals surface area contributed by atoms with E-state index >= 15 is 0 Å². The van der Waals surface area contributed by atoms with Crippen molar-refractivity contribution in [1.29, 1.82) is 0 Å². The fourth-order valence-electron chi connectivity index (χ4n) is 1.79. The second kappa shape index (κ2) is 6.02. The van der Waals surface area contributed by atoms with Gasteiger partial charge in [-0.05, 0) is 39.0 Å². The van der Waals surface area contributed by atoms with Crippen LogP contribution in [0.1, 0.15) is 30.0 Å². The summed E-state index contributed by atoms with van der Waals surface area (Å²) in [6.45, 7) is 5.61. The topological polar surface area (TPSA) is 85.8 Å². The third-order valence-electron chi connectivity index (χ3n) is 2.96. The number of hydrogen-bond acceptors (Lipinski definition) is 4. The molecule has 2 aromatic rings. The van der Waals surface area contributed by atoms with E-state index in [2.05, 4.69) is 15.6 Å². The maximum Gasteiger partial charge on any atom is 0.273 e. The predicted molar refractivity (Wildman–Crippen MR) is 81.7 cm³/mol. The maximum absolute atomic E-state index is 13.2. The quantitative estimate of drug-likeness (QED) is 0.898. The lowest BCUT2D eigenvalue weighted by atomic mass is 10.1. The molecular weight excluding hydrogens is 309 g/mol. The van der Waals surface area contributed by atoms with Crippen LogP contribution in [-0.2, 0) is 0 Å². The molecule has 0 saturated heterocycles. The molecular formula is C14H17ClFN5O. The molecule has 0 aliphatic carbocycles. The van der Waals surface area contributed by atoms with Crippen molar-refractivity contribution in [3.63, 3.8) is 0 Å². The molecule has 0 fully saturated rings. The van der Waals surface area contributed by atoms with Crippen LogP contribution in [0.5, 0.6) is 0 Å². The zero-order chi connectivity index (χ0) is 16.5. The average molecular weight is 326 g/mol. The monoisotopic (exact) mass is 325 g/mol. The van der Waals surface area contributed by atoms with E-state index in [1.165, 1.54) is 22.9 Å². The molecule has 2 rings (SSSR count). The number of aromatic nitrogens is 3. The first-order chi connectivity index (χ1) is 10.2. The first-order valence-electron chi connectivity index (χ1n) is 6.64. The highest BCUT2D eigenvalue weighted by atomic mass is 35.5. The predicted octanol–water partition coefficient (Wildman–Crippen LogP) is 1.84. The number of nitrogens with zero attached hydrogens (tertiary/aromatic N) is 3. The minimum Gasteiger partial charge on any atom is -0.349 e. The lowest BCUT2D eigenvalue weighted by Crippen LogP contribution is -2.45. The molecule has 0 atom stereocenters. The van der Waals surface area contributed by atoms with E-state index in [-0.39, 0.29) is 16.6 Å². The van der Waals surface area contributed by atoms with Crippen molar-refractivity contribution in [3.8, 4) is 5.69 Å². The van der Waals surface area contributed by atoms with Crippen LogP contribution in [0.3, 0.4) is 0 Å². The van der Waals surface area contributed by atoms with Crippen molar-refractivity contribution in [2.45, 2.75) is 26.3 Å². The summed E-state index contributed by atoms with van der Waals surface area (Å²) in [5.74, 6) is -0.887. The Morgan fingerprint density at radius 3 is 2.77 bits per heavy atom. The highest BCUT2D eigenvalue weighted by molar-refractivity contribution is 6.30. The standard InChI is InChI=1S/C14H17ClFN5O/c1-8-12(13(22)18-7-14(2,3)17)19-20-21(8)9-4-5-11(16)10(15)6-9/h4-6H,7,17H2,1-3H3,(H,18,22). The van der Waals surface area contributed by atoms with Crippen molar-refractivity contribution in [2.75, 3.05) is 6.54 Å². The molecule has 0 saturated carbocycles. The van der Waals surface area contributed by atoms with Gasteiger partial charge in [0, 0.05) is 12.1 Å². The largest absolute Gasteiger partial charge is 0.349 e. The van der Waals surface area contributed by atoms with Crippen LogP contribution in [0.15, 0.2) is 18.2 Å². The maximum atomic E-state index is 13.2. The van der Waals surface area contributed by atoms with Gasteiger partial charge in [0.05, 0.1) is 16.4 Å². The molecule has 0 radical (unpaired) electrons. The summed E-state index contributed by atoms with van der Waals surface area (Å²) in [6, 6.07) is 4.16. The van der Waals surface area contributed by atoms with Crippen LogP contribution in [0.4, 0.5) is 4.39 Å². The van der Waals surface area contributed by atoms with Gasteiger partial charge >= 0.3 is 0 Å². The molecule has 0 bridgehead atoms. The average Bonchev–Trinajstić information content (AvgIpc) is 2.80. The molecule has 1 amide bonds. The molecule has 118 valence electrons. The van der Waals surface area contributed by atoms with Gasteiger partial charge in [-0.3, -0.25) is 4.79 Å². The Morgan fingerprint density at radius 2 is 2.18 bits per heavy atom. The molecule has 22 heavy (non-hydrogen) atoms. The summed E-state index contributed by atoms with van der Waals surface area (Å²) in [6.07, 6.45) is 0. The highest BCUT2D eigenvalue weighted by Gasteiger charge is 2.20. The minimum atomic E-state index is -0.524. The fraction of sp³-hybridized carbons (Fsp3) is 0.357. The number of nitrogens with two attached hydrogens (primary N) is 1. The second-order valence-electron chi connectivity index (χ2n) is 5.70. The number of halogens is 2. The lowest BCUT2D eigenvalue weighted by Gasteiger charge is -2.18. The summed E-state index contributed by atoms with van der Waals surface area (Å²) in [5.41, 5.74) is 6.53. The molecule has 3 N–H and O–H groups in total. The fourth-order valence-corrected chi connectivity index (χ4v) is 1.97. The lowest BCUT2D eigenvalue weighted by molar-refractivity contribution is 0.0940. The van der Waals surface area contributed by atoms with Crippen LogP contribution in [0.25, 0.3) is 5.69 Å². The third kappa shape index (κ3) is 3.61. The third-order valence-corrected chi connectivity index (χ3v) is 3.25. The van der Waals surface area contributed by atoms with Crippen LogP contribution >= 0.6 is 11.6 Å². The van der Waals surface area contributed by atoms with E-state index in [0.717, 1.165) is 0 Å². The Hall–Kier alpha value is -1.99. The zero-order valence-electron chi connectivity index (χ0n) is 12.5. The van der Waals surface area contributed by atoms with E-state index in [0.29, 0.717) is 17.9 Å². The minimum absolute atomic E-state index is 0.0247. The van der Waals surface area contributed by atoms with Gasteiger partial charge in [0.1, 0.15) is 5.82 Å². The van der Waals surface area contributed by atoms with Crippen molar-refractivity contribution >= 4 is 17.5 Å². The van der Waals surface area contributed by atoms with Crippen LogP contribution < -0.4 is 11.1 Å². The molecule has 0 unspecified atom stereocenters. The number of amides is 1. The summed E-state index contributed by atoms with van der Waals surface area (Å²) < 4.78 is 14.6. The van der Waals surface area contributed by atoms with Gasteiger partial charge in [-0.15, -0.1) is 5.10 Å². The van der Waals surface area contributed by atoms with Gasteiger partial charge in [0.25, 0.3) is 5.91 Å². The zero-order valence-corrected chi connectivity index (χ0v) is 13.3. The Bertz CT molecular complexity index is 708. The van der Waals surface area contributed by atoms with E-state index in [4.69, 9.17) is 17.3 Å². The van der Waals surface area contributed by atoms with Crippen LogP contribution in [-0.4, -0.2) is 33.0 Å². The van der Waals surface area contributed by atoms with Gasteiger partial charge < -0.3 is 11.1 Å². The van der Waals surface area contributed by atoms with Crippen molar-refractivity contribution in [3.05, 3.63) is 40.4 Å². The van der Waals surface area contributed by atoms with Crippen molar-refractivity contribution in [2.24, 2.45) is 5.73 Å². The van der Waals surface area contributed by atoms with Crippen molar-refractivity contribution < 1.29 is 9.18 Å². The molecule has 1 heterocycles. The van der Waals surface area contributed by atoms with Gasteiger partial charge in [-0.25, -0.2) is 9.07 Å². The number of rotatable bonds is 4. The Kier molecular flexibility index (Phi) is 4.48. The smallest absolute Gasteiger partial charge is 0.273 e. The molecule has 6 nitrogen and oxygen atoms in total. The summed E-state index contributed by atoms with van der Waals surface area (Å²) >= 11 is 5.76. The Balaban J connectivity index is 2.25. The van der Waals surface area contributed by atoms with E-state index in [1.807, 2.05) is 0 Å².